The smallest absolute Gasteiger partial charge is 0.280 e. The van der Waals surface area contributed by atoms with Crippen molar-refractivity contribution in [3.8, 4) is 17.2 Å². The van der Waals surface area contributed by atoms with Gasteiger partial charge >= 0.3 is 0 Å². The zero-order valence-electron chi connectivity index (χ0n) is 15.8. The van der Waals surface area contributed by atoms with Crippen LogP contribution in [0, 0.1) is 11.3 Å². The Morgan fingerprint density at radius 3 is 2.23 bits per heavy atom. The van der Waals surface area contributed by atoms with Crippen molar-refractivity contribution in [3.05, 3.63) is 91.9 Å². The Bertz CT molecular complexity index is 1360. The molecule has 4 aromatic rings. The highest BCUT2D eigenvalue weighted by Crippen LogP contribution is 2.49. The maximum Gasteiger partial charge on any atom is 0.280 e. The van der Waals surface area contributed by atoms with E-state index >= 15 is 0 Å². The summed E-state index contributed by atoms with van der Waals surface area (Å²) in [6.07, 6.45) is 4.33. The van der Waals surface area contributed by atoms with Gasteiger partial charge in [0, 0.05) is 21.7 Å². The number of fused-ring (bicyclic) bond motifs is 1. The average Bonchev–Trinajstić information content (AvgIpc) is 3.09. The van der Waals surface area contributed by atoms with Gasteiger partial charge in [-0.2, -0.15) is 9.78 Å². The summed E-state index contributed by atoms with van der Waals surface area (Å²) in [6, 6.07) is 17.0. The average molecular weight is 435 g/mol. The Kier molecular flexibility index (Phi) is 4.43. The molecule has 5 rings (SSSR count). The molecule has 7 heteroatoms. The van der Waals surface area contributed by atoms with E-state index in [-0.39, 0.29) is 11.0 Å². The van der Waals surface area contributed by atoms with Crippen molar-refractivity contribution in [2.75, 3.05) is 0 Å². The molecule has 0 saturated heterocycles. The van der Waals surface area contributed by atoms with Gasteiger partial charge in [0.25, 0.3) is 5.56 Å². The number of nitrogens with one attached hydrogen (secondary N) is 1. The molecular weight excluding hydrogens is 419 g/mol. The minimum atomic E-state index is -0.351. The second-order valence-corrected chi connectivity index (χ2v) is 8.43. The Labute approximate surface area is 182 Å². The van der Waals surface area contributed by atoms with Crippen molar-refractivity contribution in [2.24, 2.45) is 0 Å². The molecule has 0 aliphatic heterocycles. The van der Waals surface area contributed by atoms with Gasteiger partial charge in [0.2, 0.25) is 0 Å². The van der Waals surface area contributed by atoms with Gasteiger partial charge in [0.15, 0.2) is 5.65 Å². The van der Waals surface area contributed by atoms with Crippen LogP contribution in [0.4, 0.5) is 0 Å². The summed E-state index contributed by atoms with van der Waals surface area (Å²) >= 11 is 12.0. The summed E-state index contributed by atoms with van der Waals surface area (Å²) in [5.41, 5.74) is 3.11. The second kappa shape index (κ2) is 7.02. The molecule has 0 amide bonds. The predicted molar refractivity (Wildman–Crippen MR) is 117 cm³/mol. The largest absolute Gasteiger partial charge is 0.291 e. The molecule has 1 aliphatic carbocycles. The van der Waals surface area contributed by atoms with E-state index in [2.05, 4.69) is 16.2 Å². The van der Waals surface area contributed by atoms with E-state index in [0.717, 1.165) is 36.1 Å². The highest BCUT2D eigenvalue weighted by molar-refractivity contribution is 6.30. The van der Waals surface area contributed by atoms with Crippen molar-refractivity contribution in [3.63, 3.8) is 0 Å². The molecule has 2 heterocycles. The van der Waals surface area contributed by atoms with E-state index in [9.17, 15) is 10.1 Å². The van der Waals surface area contributed by atoms with Crippen LogP contribution in [0.15, 0.2) is 59.5 Å². The van der Waals surface area contributed by atoms with Crippen LogP contribution in [0.5, 0.6) is 0 Å². The Morgan fingerprint density at radius 1 is 1.03 bits per heavy atom. The third-order valence-electron chi connectivity index (χ3n) is 6.01. The molecule has 0 bridgehead atoms. The lowest BCUT2D eigenvalue weighted by atomic mass is 9.62. The Morgan fingerprint density at radius 2 is 1.67 bits per heavy atom. The lowest BCUT2D eigenvalue weighted by Gasteiger charge is -2.41. The van der Waals surface area contributed by atoms with Crippen LogP contribution in [-0.2, 0) is 5.41 Å². The lowest BCUT2D eigenvalue weighted by Crippen LogP contribution is -2.36. The van der Waals surface area contributed by atoms with E-state index in [4.69, 9.17) is 23.2 Å². The maximum atomic E-state index is 13.2. The first-order valence-electron chi connectivity index (χ1n) is 9.60. The molecule has 148 valence electrons. The highest BCUT2D eigenvalue weighted by atomic mass is 35.5. The van der Waals surface area contributed by atoms with Crippen LogP contribution >= 0.6 is 23.2 Å². The molecular formula is C23H16Cl2N4O. The van der Waals surface area contributed by atoms with Crippen molar-refractivity contribution in [2.45, 2.75) is 24.7 Å². The molecule has 1 saturated carbocycles. The minimum absolute atomic E-state index is 0.254. The number of aromatic nitrogens is 3. The van der Waals surface area contributed by atoms with Gasteiger partial charge in [-0.1, -0.05) is 53.9 Å². The standard InChI is InChI=1S/C23H16Cl2N4O/c24-16-6-2-14(3-7-16)19-13-27-21-18(12-26)20(28-29(21)22(19)30)23(10-1-11-23)15-4-8-17(25)9-5-15/h2-9,13,28H,1,10-11H2. The summed E-state index contributed by atoms with van der Waals surface area (Å²) in [6.45, 7) is 0. The fraction of sp³-hybridized carbons (Fsp3) is 0.174. The molecule has 2 aromatic heterocycles. The zero-order valence-corrected chi connectivity index (χ0v) is 17.3. The number of hydrogen-bond acceptors (Lipinski definition) is 3. The van der Waals surface area contributed by atoms with Gasteiger partial charge in [-0.3, -0.25) is 9.89 Å². The molecule has 0 unspecified atom stereocenters. The summed E-state index contributed by atoms with van der Waals surface area (Å²) in [5, 5.41) is 14.4. The SMILES string of the molecule is N#Cc1c(C2(c3ccc(Cl)cc3)CCC2)[nH]n2c(=O)c(-c3ccc(Cl)cc3)cnc12. The third kappa shape index (κ3) is 2.76. The van der Waals surface area contributed by atoms with Crippen LogP contribution in [-0.4, -0.2) is 14.6 Å². The molecule has 1 N–H and O–H groups in total. The number of benzene rings is 2. The van der Waals surface area contributed by atoms with E-state index in [1.54, 1.807) is 24.3 Å². The minimum Gasteiger partial charge on any atom is -0.291 e. The van der Waals surface area contributed by atoms with Crippen molar-refractivity contribution in [1.29, 1.82) is 5.26 Å². The molecule has 0 radical (unpaired) electrons. The molecule has 0 atom stereocenters. The van der Waals surface area contributed by atoms with Crippen LogP contribution < -0.4 is 5.56 Å². The zero-order chi connectivity index (χ0) is 20.9. The van der Waals surface area contributed by atoms with Gasteiger partial charge in [0.1, 0.15) is 11.6 Å². The van der Waals surface area contributed by atoms with E-state index in [1.807, 2.05) is 24.3 Å². The molecule has 2 aromatic carbocycles. The van der Waals surface area contributed by atoms with E-state index in [1.165, 1.54) is 10.7 Å². The summed E-state index contributed by atoms with van der Waals surface area (Å²) in [4.78, 5) is 17.7. The van der Waals surface area contributed by atoms with Gasteiger partial charge in [0.05, 0.1) is 11.3 Å². The monoisotopic (exact) mass is 434 g/mol. The van der Waals surface area contributed by atoms with Gasteiger partial charge < -0.3 is 0 Å². The van der Waals surface area contributed by atoms with Crippen molar-refractivity contribution < 1.29 is 0 Å². The van der Waals surface area contributed by atoms with Crippen LogP contribution in [0.1, 0.15) is 36.1 Å². The number of rotatable bonds is 3. The van der Waals surface area contributed by atoms with E-state index in [0.29, 0.717) is 26.8 Å². The fourth-order valence-corrected chi connectivity index (χ4v) is 4.53. The number of nitrogens with zero attached hydrogens (tertiary/aromatic N) is 3. The van der Waals surface area contributed by atoms with Crippen LogP contribution in [0.25, 0.3) is 16.8 Å². The number of halogens is 2. The topological polar surface area (TPSA) is 73.9 Å². The lowest BCUT2D eigenvalue weighted by molar-refractivity contribution is 0.292. The molecule has 30 heavy (non-hydrogen) atoms. The van der Waals surface area contributed by atoms with Gasteiger partial charge in [-0.15, -0.1) is 0 Å². The number of hydrogen-bond donors (Lipinski definition) is 1. The normalized spacial score (nSPS) is 15.0. The quantitative estimate of drug-likeness (QED) is 0.472. The summed E-state index contributed by atoms with van der Waals surface area (Å²) < 4.78 is 1.38. The number of nitriles is 1. The van der Waals surface area contributed by atoms with Crippen molar-refractivity contribution in [1.82, 2.24) is 14.6 Å². The highest BCUT2D eigenvalue weighted by Gasteiger charge is 2.44. The Hall–Kier alpha value is -3.07. The summed E-state index contributed by atoms with van der Waals surface area (Å²) in [5.74, 6) is 0. The molecule has 0 spiro atoms. The Balaban J connectivity index is 1.73. The van der Waals surface area contributed by atoms with E-state index < -0.39 is 0 Å². The first-order chi connectivity index (χ1) is 14.5. The fourth-order valence-electron chi connectivity index (χ4n) is 4.28. The molecule has 1 aliphatic rings. The van der Waals surface area contributed by atoms with Crippen LogP contribution in [0.2, 0.25) is 10.0 Å². The first-order valence-corrected chi connectivity index (χ1v) is 10.4. The predicted octanol–water partition coefficient (Wildman–Crippen LogP) is 5.34. The van der Waals surface area contributed by atoms with Gasteiger partial charge in [-0.05, 0) is 48.2 Å². The first kappa shape index (κ1) is 18.9. The molecule has 5 nitrogen and oxygen atoms in total. The van der Waals surface area contributed by atoms with Gasteiger partial charge in [-0.25, -0.2) is 4.98 Å². The molecule has 1 fully saturated rings. The maximum absolute atomic E-state index is 13.2. The second-order valence-electron chi connectivity index (χ2n) is 7.56. The number of H-pyrrole nitrogens is 1. The number of aromatic amines is 1. The van der Waals surface area contributed by atoms with Crippen LogP contribution in [0.3, 0.4) is 0 Å². The summed E-state index contributed by atoms with van der Waals surface area (Å²) in [7, 11) is 0. The van der Waals surface area contributed by atoms with Crippen molar-refractivity contribution >= 4 is 28.8 Å². The third-order valence-corrected chi connectivity index (χ3v) is 6.51.